The summed E-state index contributed by atoms with van der Waals surface area (Å²) in [4.78, 5) is 27.1. The van der Waals surface area contributed by atoms with Crippen molar-refractivity contribution in [2.75, 3.05) is 32.5 Å². The first kappa shape index (κ1) is 22.8. The van der Waals surface area contributed by atoms with Crippen molar-refractivity contribution in [3.8, 4) is 0 Å². The zero-order valence-electron chi connectivity index (χ0n) is 17.6. The zero-order chi connectivity index (χ0) is 20.4. The van der Waals surface area contributed by atoms with Crippen LogP contribution in [-0.2, 0) is 16.1 Å². The average Bonchev–Trinajstić information content (AvgIpc) is 2.64. The van der Waals surface area contributed by atoms with Gasteiger partial charge in [-0.1, -0.05) is 39.3 Å². The van der Waals surface area contributed by atoms with Crippen molar-refractivity contribution in [3.05, 3.63) is 29.8 Å². The minimum Gasteiger partial charge on any atom is -0.445 e. The second-order valence-electron chi connectivity index (χ2n) is 7.42. The van der Waals surface area contributed by atoms with Crippen LogP contribution in [0.25, 0.3) is 0 Å². The Kier molecular flexibility index (Phi) is 9.68. The summed E-state index contributed by atoms with van der Waals surface area (Å²) in [6.07, 6.45) is 1.89. The van der Waals surface area contributed by atoms with E-state index in [0.29, 0.717) is 19.1 Å². The molecular weight excluding hydrogens is 342 g/mol. The standard InChI is InChI=1S/C21H35N3O3/c1-7-8-17(4)22-19-11-9-18(10-12-19)15-27-21(26)24(6)14-13-23(5)20(25)16(2)3/h9-12,16-17,22H,7-8,13-15H2,1-6H3. The lowest BCUT2D eigenvalue weighted by atomic mass is 10.1. The molecule has 0 saturated heterocycles. The van der Waals surface area contributed by atoms with Crippen molar-refractivity contribution >= 4 is 17.7 Å². The van der Waals surface area contributed by atoms with Gasteiger partial charge in [0.05, 0.1) is 0 Å². The van der Waals surface area contributed by atoms with E-state index >= 15 is 0 Å². The molecule has 6 nitrogen and oxygen atoms in total. The van der Waals surface area contributed by atoms with Crippen LogP contribution in [0.3, 0.4) is 0 Å². The number of nitrogens with one attached hydrogen (secondary N) is 1. The SMILES string of the molecule is CCCC(C)Nc1ccc(COC(=O)N(C)CCN(C)C(=O)C(C)C)cc1. The molecular formula is C21H35N3O3. The molecule has 0 aliphatic heterocycles. The van der Waals surface area contributed by atoms with E-state index in [-0.39, 0.29) is 24.5 Å². The first-order valence-corrected chi connectivity index (χ1v) is 9.72. The molecule has 27 heavy (non-hydrogen) atoms. The topological polar surface area (TPSA) is 61.9 Å². The van der Waals surface area contributed by atoms with Gasteiger partial charge in [-0.05, 0) is 31.0 Å². The van der Waals surface area contributed by atoms with E-state index < -0.39 is 0 Å². The molecule has 1 aromatic rings. The Morgan fingerprint density at radius 1 is 1.04 bits per heavy atom. The van der Waals surface area contributed by atoms with E-state index in [4.69, 9.17) is 4.74 Å². The average molecular weight is 378 g/mol. The van der Waals surface area contributed by atoms with E-state index in [9.17, 15) is 9.59 Å². The highest BCUT2D eigenvalue weighted by Gasteiger charge is 2.15. The summed E-state index contributed by atoms with van der Waals surface area (Å²) >= 11 is 0. The van der Waals surface area contributed by atoms with Gasteiger partial charge in [-0.3, -0.25) is 4.79 Å². The van der Waals surface area contributed by atoms with Gasteiger partial charge in [-0.25, -0.2) is 4.79 Å². The van der Waals surface area contributed by atoms with E-state index in [0.717, 1.165) is 24.1 Å². The predicted molar refractivity (Wildman–Crippen MR) is 110 cm³/mol. The summed E-state index contributed by atoms with van der Waals surface area (Å²) in [5.41, 5.74) is 2.01. The van der Waals surface area contributed by atoms with E-state index in [1.807, 2.05) is 38.1 Å². The minimum absolute atomic E-state index is 0.0466. The van der Waals surface area contributed by atoms with Gasteiger partial charge in [-0.2, -0.15) is 0 Å². The molecule has 152 valence electrons. The van der Waals surface area contributed by atoms with Crippen LogP contribution in [0.15, 0.2) is 24.3 Å². The number of likely N-dealkylation sites (N-methyl/N-ethyl adjacent to an activating group) is 2. The molecule has 1 aromatic carbocycles. The zero-order valence-corrected chi connectivity index (χ0v) is 17.6. The molecule has 0 aliphatic rings. The molecule has 0 saturated carbocycles. The number of anilines is 1. The number of hydrogen-bond donors (Lipinski definition) is 1. The van der Waals surface area contributed by atoms with Crippen LogP contribution < -0.4 is 5.32 Å². The van der Waals surface area contributed by atoms with Gasteiger partial charge in [0.25, 0.3) is 0 Å². The molecule has 0 fully saturated rings. The number of rotatable bonds is 10. The second-order valence-corrected chi connectivity index (χ2v) is 7.42. The number of ether oxygens (including phenoxy) is 1. The number of benzene rings is 1. The Hall–Kier alpha value is -2.24. The molecule has 0 aliphatic carbocycles. The van der Waals surface area contributed by atoms with Gasteiger partial charge in [0.15, 0.2) is 0 Å². The summed E-state index contributed by atoms with van der Waals surface area (Å²) in [5.74, 6) is 0.0217. The maximum atomic E-state index is 12.1. The summed E-state index contributed by atoms with van der Waals surface area (Å²) in [6, 6.07) is 8.37. The summed E-state index contributed by atoms with van der Waals surface area (Å²) in [7, 11) is 3.43. The third-order valence-electron chi connectivity index (χ3n) is 4.40. The van der Waals surface area contributed by atoms with Gasteiger partial charge < -0.3 is 19.9 Å². The van der Waals surface area contributed by atoms with Crippen LogP contribution in [0.4, 0.5) is 10.5 Å². The lowest BCUT2D eigenvalue weighted by Gasteiger charge is -2.23. The Morgan fingerprint density at radius 3 is 2.19 bits per heavy atom. The van der Waals surface area contributed by atoms with Gasteiger partial charge in [0.1, 0.15) is 6.61 Å². The molecule has 0 radical (unpaired) electrons. The lowest BCUT2D eigenvalue weighted by Crippen LogP contribution is -2.39. The van der Waals surface area contributed by atoms with Crippen molar-refractivity contribution in [1.29, 1.82) is 0 Å². The maximum Gasteiger partial charge on any atom is 0.409 e. The highest BCUT2D eigenvalue weighted by atomic mass is 16.6. The van der Waals surface area contributed by atoms with Crippen molar-refractivity contribution < 1.29 is 14.3 Å². The number of carbonyl (C=O) groups is 2. The second kappa shape index (κ2) is 11.5. The molecule has 6 heteroatoms. The fraction of sp³-hybridized carbons (Fsp3) is 0.619. The summed E-state index contributed by atoms with van der Waals surface area (Å²) in [5, 5.41) is 3.45. The fourth-order valence-corrected chi connectivity index (χ4v) is 2.68. The highest BCUT2D eigenvalue weighted by Crippen LogP contribution is 2.13. The molecule has 0 bridgehead atoms. The maximum absolute atomic E-state index is 12.1. The molecule has 0 spiro atoms. The summed E-state index contributed by atoms with van der Waals surface area (Å²) < 4.78 is 5.35. The predicted octanol–water partition coefficient (Wildman–Crippen LogP) is 3.97. The molecule has 1 atom stereocenters. The number of nitrogens with zero attached hydrogens (tertiary/aromatic N) is 2. The normalized spacial score (nSPS) is 11.8. The quantitative estimate of drug-likeness (QED) is 0.670. The molecule has 1 rings (SSSR count). The third kappa shape index (κ3) is 8.33. The Balaban J connectivity index is 2.39. The Bertz CT molecular complexity index is 587. The van der Waals surface area contributed by atoms with Crippen molar-refractivity contribution in [3.63, 3.8) is 0 Å². The van der Waals surface area contributed by atoms with Crippen LogP contribution >= 0.6 is 0 Å². The highest BCUT2D eigenvalue weighted by molar-refractivity contribution is 5.77. The molecule has 2 amide bonds. The minimum atomic E-state index is -0.390. The largest absolute Gasteiger partial charge is 0.445 e. The van der Waals surface area contributed by atoms with Crippen LogP contribution in [0.1, 0.15) is 46.1 Å². The van der Waals surface area contributed by atoms with E-state index in [1.165, 1.54) is 4.90 Å². The van der Waals surface area contributed by atoms with Gasteiger partial charge in [0.2, 0.25) is 5.91 Å². The van der Waals surface area contributed by atoms with Gasteiger partial charge >= 0.3 is 6.09 Å². The molecule has 0 heterocycles. The summed E-state index contributed by atoms with van der Waals surface area (Å²) in [6.45, 7) is 9.22. The first-order chi connectivity index (χ1) is 12.7. The van der Waals surface area contributed by atoms with Crippen LogP contribution in [0.5, 0.6) is 0 Å². The molecule has 1 unspecified atom stereocenters. The Labute approximate surface area is 163 Å². The smallest absolute Gasteiger partial charge is 0.409 e. The van der Waals surface area contributed by atoms with Crippen LogP contribution in [0.2, 0.25) is 0 Å². The van der Waals surface area contributed by atoms with Crippen LogP contribution in [-0.4, -0.2) is 55.0 Å². The van der Waals surface area contributed by atoms with E-state index in [2.05, 4.69) is 19.2 Å². The molecule has 1 N–H and O–H groups in total. The van der Waals surface area contributed by atoms with E-state index in [1.54, 1.807) is 19.0 Å². The number of amides is 2. The fourth-order valence-electron chi connectivity index (χ4n) is 2.68. The lowest BCUT2D eigenvalue weighted by molar-refractivity contribution is -0.133. The van der Waals surface area contributed by atoms with Crippen molar-refractivity contribution in [2.45, 2.75) is 53.2 Å². The Morgan fingerprint density at radius 2 is 1.63 bits per heavy atom. The number of hydrogen-bond acceptors (Lipinski definition) is 4. The van der Waals surface area contributed by atoms with Gasteiger partial charge in [0, 0.05) is 44.8 Å². The number of carbonyl (C=O) groups excluding carboxylic acids is 2. The molecule has 0 aromatic heterocycles. The van der Waals surface area contributed by atoms with Crippen molar-refractivity contribution in [1.82, 2.24) is 9.80 Å². The third-order valence-corrected chi connectivity index (χ3v) is 4.40. The van der Waals surface area contributed by atoms with Crippen LogP contribution in [0, 0.1) is 5.92 Å². The van der Waals surface area contributed by atoms with Crippen molar-refractivity contribution in [2.24, 2.45) is 5.92 Å². The monoisotopic (exact) mass is 377 g/mol. The first-order valence-electron chi connectivity index (χ1n) is 9.72. The van der Waals surface area contributed by atoms with Gasteiger partial charge in [-0.15, -0.1) is 0 Å².